The summed E-state index contributed by atoms with van der Waals surface area (Å²) in [5.41, 5.74) is 0. The van der Waals surface area contributed by atoms with Crippen molar-refractivity contribution < 1.29 is 9.59 Å². The van der Waals surface area contributed by atoms with Crippen LogP contribution in [0.4, 0.5) is 4.79 Å². The van der Waals surface area contributed by atoms with Crippen molar-refractivity contribution in [2.75, 3.05) is 13.1 Å². The van der Waals surface area contributed by atoms with Gasteiger partial charge in [0.25, 0.3) is 0 Å². The van der Waals surface area contributed by atoms with E-state index in [2.05, 4.69) is 26.2 Å². The molecule has 2 unspecified atom stereocenters. The molecule has 0 bridgehead atoms. The predicted molar refractivity (Wildman–Crippen MR) is 90.4 cm³/mol. The first-order valence-electron chi connectivity index (χ1n) is 9.12. The van der Waals surface area contributed by atoms with Crippen molar-refractivity contribution in [3.8, 4) is 0 Å². The van der Waals surface area contributed by atoms with Crippen LogP contribution in [-0.4, -0.2) is 56.2 Å². The minimum absolute atomic E-state index is 0.0325. The molecule has 0 spiro atoms. The fourth-order valence-electron chi connectivity index (χ4n) is 3.71. The lowest BCUT2D eigenvalue weighted by atomic mass is 9.97. The second kappa shape index (κ2) is 7.79. The van der Waals surface area contributed by atoms with Gasteiger partial charge in [0, 0.05) is 26.2 Å². The van der Waals surface area contributed by atoms with E-state index in [0.29, 0.717) is 25.0 Å². The maximum Gasteiger partial charge on any atom is 0.317 e. The van der Waals surface area contributed by atoms with Gasteiger partial charge in [-0.3, -0.25) is 4.79 Å². The highest BCUT2D eigenvalue weighted by Gasteiger charge is 2.30. The molecule has 2 atom stereocenters. The number of hydrogen-bond donors (Lipinski definition) is 2. The lowest BCUT2D eigenvalue weighted by molar-refractivity contribution is -0.127. The number of aryl methyl sites for hydroxylation is 1. The van der Waals surface area contributed by atoms with Crippen LogP contribution in [0, 0.1) is 5.92 Å². The Balaban J connectivity index is 1.52. The molecule has 2 N–H and O–H groups in total. The summed E-state index contributed by atoms with van der Waals surface area (Å²) in [6.45, 7) is 3.04. The van der Waals surface area contributed by atoms with E-state index in [4.69, 9.17) is 0 Å². The Bertz CT molecular complexity index is 611. The number of aromatic nitrogens is 4. The van der Waals surface area contributed by atoms with Gasteiger partial charge in [0.1, 0.15) is 0 Å². The number of nitrogens with one attached hydrogen (secondary N) is 2. The number of rotatable bonds is 4. The van der Waals surface area contributed by atoms with E-state index < -0.39 is 0 Å². The minimum atomic E-state index is -0.268. The number of amides is 3. The fourth-order valence-corrected chi connectivity index (χ4v) is 3.71. The highest BCUT2D eigenvalue weighted by Crippen LogP contribution is 2.21. The van der Waals surface area contributed by atoms with Crippen molar-refractivity contribution in [2.24, 2.45) is 13.0 Å². The standard InChI is InChI=1S/C16H27N7O2/c1-11(14-19-20-21-22(14)2)17-15(24)12-6-5-9-23(10-12)16(25)18-13-7-3-4-8-13/h11-13H,3-10H2,1-2H3,(H,17,24)(H,18,25). The predicted octanol–water partition coefficient (Wildman–Crippen LogP) is 0.751. The van der Waals surface area contributed by atoms with Gasteiger partial charge in [0.15, 0.2) is 5.82 Å². The topological polar surface area (TPSA) is 105 Å². The highest BCUT2D eigenvalue weighted by atomic mass is 16.2. The number of tetrazole rings is 1. The van der Waals surface area contributed by atoms with Crippen LogP contribution in [0.3, 0.4) is 0 Å². The van der Waals surface area contributed by atoms with Crippen LogP contribution in [0.15, 0.2) is 0 Å². The summed E-state index contributed by atoms with van der Waals surface area (Å²) in [4.78, 5) is 26.8. The van der Waals surface area contributed by atoms with Crippen LogP contribution in [0.2, 0.25) is 0 Å². The SMILES string of the molecule is CC(NC(=O)C1CCCN(C(=O)NC2CCCC2)C1)c1nnnn1C. The molecule has 3 rings (SSSR count). The summed E-state index contributed by atoms with van der Waals surface area (Å²) in [5, 5.41) is 17.4. The van der Waals surface area contributed by atoms with Gasteiger partial charge in [-0.05, 0) is 43.0 Å². The number of urea groups is 1. The van der Waals surface area contributed by atoms with E-state index in [9.17, 15) is 9.59 Å². The van der Waals surface area contributed by atoms with E-state index in [0.717, 1.165) is 25.7 Å². The van der Waals surface area contributed by atoms with Crippen LogP contribution in [0.1, 0.15) is 57.3 Å². The van der Waals surface area contributed by atoms with Crippen LogP contribution in [0.5, 0.6) is 0 Å². The molecule has 1 aromatic rings. The van der Waals surface area contributed by atoms with Gasteiger partial charge in [-0.1, -0.05) is 12.8 Å². The summed E-state index contributed by atoms with van der Waals surface area (Å²) < 4.78 is 1.55. The van der Waals surface area contributed by atoms with Gasteiger partial charge < -0.3 is 15.5 Å². The van der Waals surface area contributed by atoms with Crippen molar-refractivity contribution in [2.45, 2.75) is 57.5 Å². The summed E-state index contributed by atoms with van der Waals surface area (Å²) in [7, 11) is 1.74. The monoisotopic (exact) mass is 349 g/mol. The molecule has 1 aliphatic heterocycles. The normalized spacial score (nSPS) is 22.6. The number of carbonyl (C=O) groups excluding carboxylic acids is 2. The lowest BCUT2D eigenvalue weighted by Gasteiger charge is -2.33. The Kier molecular flexibility index (Phi) is 5.50. The molecule has 0 radical (unpaired) electrons. The maximum absolute atomic E-state index is 12.6. The molecule has 1 aliphatic carbocycles. The largest absolute Gasteiger partial charge is 0.346 e. The Morgan fingerprint density at radius 1 is 1.20 bits per heavy atom. The Hall–Kier alpha value is -2.19. The summed E-state index contributed by atoms with van der Waals surface area (Å²) in [5.74, 6) is 0.376. The molecule has 9 nitrogen and oxygen atoms in total. The molecular formula is C16H27N7O2. The number of hydrogen-bond acceptors (Lipinski definition) is 5. The third kappa shape index (κ3) is 4.26. The molecule has 9 heteroatoms. The zero-order valence-electron chi connectivity index (χ0n) is 14.9. The van der Waals surface area contributed by atoms with Crippen LogP contribution >= 0.6 is 0 Å². The third-order valence-corrected chi connectivity index (χ3v) is 5.16. The summed E-state index contributed by atoms with van der Waals surface area (Å²) >= 11 is 0. The molecule has 1 saturated heterocycles. The van der Waals surface area contributed by atoms with Crippen LogP contribution < -0.4 is 10.6 Å². The zero-order valence-corrected chi connectivity index (χ0v) is 14.9. The molecule has 138 valence electrons. The third-order valence-electron chi connectivity index (χ3n) is 5.16. The Morgan fingerprint density at radius 3 is 2.64 bits per heavy atom. The number of nitrogens with zero attached hydrogens (tertiary/aromatic N) is 5. The van der Waals surface area contributed by atoms with E-state index in [1.165, 1.54) is 12.8 Å². The second-order valence-corrected chi connectivity index (χ2v) is 7.11. The molecule has 2 aliphatic rings. The lowest BCUT2D eigenvalue weighted by Crippen LogP contribution is -2.50. The van der Waals surface area contributed by atoms with Crippen LogP contribution in [-0.2, 0) is 11.8 Å². The first kappa shape index (κ1) is 17.6. The summed E-state index contributed by atoms with van der Waals surface area (Å²) in [6, 6.07) is -0.00437. The molecule has 1 aromatic heterocycles. The molecule has 0 aromatic carbocycles. The highest BCUT2D eigenvalue weighted by molar-refractivity contribution is 5.81. The van der Waals surface area contributed by atoms with Gasteiger partial charge in [-0.25, -0.2) is 9.48 Å². The van der Waals surface area contributed by atoms with Crippen molar-refractivity contribution in [1.82, 2.24) is 35.7 Å². The maximum atomic E-state index is 12.6. The fraction of sp³-hybridized carbons (Fsp3) is 0.812. The van der Waals surface area contributed by atoms with Gasteiger partial charge in [0.2, 0.25) is 5.91 Å². The molecule has 25 heavy (non-hydrogen) atoms. The zero-order chi connectivity index (χ0) is 17.8. The smallest absolute Gasteiger partial charge is 0.317 e. The Labute approximate surface area is 147 Å². The van der Waals surface area contributed by atoms with E-state index >= 15 is 0 Å². The molecule has 3 amide bonds. The molecule has 1 saturated carbocycles. The number of piperidine rings is 1. The first-order chi connectivity index (χ1) is 12.0. The number of carbonyl (C=O) groups is 2. The quantitative estimate of drug-likeness (QED) is 0.834. The van der Waals surface area contributed by atoms with Crippen molar-refractivity contribution in [3.63, 3.8) is 0 Å². The number of likely N-dealkylation sites (tertiary alicyclic amines) is 1. The summed E-state index contributed by atoms with van der Waals surface area (Å²) in [6.07, 6.45) is 6.13. The average Bonchev–Trinajstić information content (AvgIpc) is 3.26. The molecule has 2 heterocycles. The second-order valence-electron chi connectivity index (χ2n) is 7.11. The van der Waals surface area contributed by atoms with Crippen LogP contribution in [0.25, 0.3) is 0 Å². The van der Waals surface area contributed by atoms with Crippen molar-refractivity contribution >= 4 is 11.9 Å². The van der Waals surface area contributed by atoms with Crippen molar-refractivity contribution in [1.29, 1.82) is 0 Å². The van der Waals surface area contributed by atoms with E-state index in [1.54, 1.807) is 16.6 Å². The molecular weight excluding hydrogens is 322 g/mol. The average molecular weight is 349 g/mol. The minimum Gasteiger partial charge on any atom is -0.346 e. The first-order valence-corrected chi connectivity index (χ1v) is 9.12. The van der Waals surface area contributed by atoms with E-state index in [1.807, 2.05) is 6.92 Å². The van der Waals surface area contributed by atoms with Crippen molar-refractivity contribution in [3.05, 3.63) is 5.82 Å². The molecule has 2 fully saturated rings. The van der Waals surface area contributed by atoms with Gasteiger partial charge in [-0.15, -0.1) is 5.10 Å². The van der Waals surface area contributed by atoms with Gasteiger partial charge in [0.05, 0.1) is 12.0 Å². The van der Waals surface area contributed by atoms with E-state index in [-0.39, 0.29) is 23.9 Å². The van der Waals surface area contributed by atoms with Gasteiger partial charge in [-0.2, -0.15) is 0 Å². The Morgan fingerprint density at radius 2 is 1.96 bits per heavy atom. The van der Waals surface area contributed by atoms with Gasteiger partial charge >= 0.3 is 6.03 Å².